The van der Waals surface area contributed by atoms with Crippen LogP contribution in [-0.4, -0.2) is 30.6 Å². The molecule has 1 aliphatic carbocycles. The van der Waals surface area contributed by atoms with Crippen molar-refractivity contribution in [3.05, 3.63) is 45.9 Å². The zero-order valence-electron chi connectivity index (χ0n) is 16.3. The Bertz CT molecular complexity index is 816. The van der Waals surface area contributed by atoms with Crippen molar-refractivity contribution in [1.82, 2.24) is 15.6 Å². The van der Waals surface area contributed by atoms with Crippen molar-refractivity contribution in [3.8, 4) is 5.75 Å². The second-order valence-electron chi connectivity index (χ2n) is 6.86. The molecule has 0 radical (unpaired) electrons. The maximum Gasteiger partial charge on any atom is 0.434 e. The number of nitrogens with one attached hydrogen (secondary N) is 2. The van der Waals surface area contributed by atoms with Crippen molar-refractivity contribution >= 4 is 17.3 Å². The fourth-order valence-corrected chi connectivity index (χ4v) is 4.00. The molecule has 0 spiro atoms. The number of aromatic nitrogens is 1. The van der Waals surface area contributed by atoms with Gasteiger partial charge < -0.3 is 15.4 Å². The Hall–Kier alpha value is -2.29. The number of nitrogens with zero attached hydrogens (tertiary/aromatic N) is 2. The average molecular weight is 427 g/mol. The second-order valence-corrected chi connectivity index (χ2v) is 7.80. The van der Waals surface area contributed by atoms with Crippen molar-refractivity contribution in [2.75, 3.05) is 13.6 Å². The summed E-state index contributed by atoms with van der Waals surface area (Å²) in [7, 11) is 1.65. The fraction of sp³-hybridized carbons (Fsp3) is 0.500. The maximum atomic E-state index is 12.6. The highest BCUT2D eigenvalue weighted by Gasteiger charge is 2.33. The van der Waals surface area contributed by atoms with Crippen LogP contribution in [0.5, 0.6) is 5.75 Å². The summed E-state index contributed by atoms with van der Waals surface area (Å²) in [6, 6.07) is 7.92. The molecule has 9 heteroatoms. The summed E-state index contributed by atoms with van der Waals surface area (Å²) in [5, 5.41) is 7.83. The molecule has 0 atom stereocenters. The molecule has 0 unspecified atom stereocenters. The molecular weight excluding hydrogens is 401 g/mol. The molecule has 5 nitrogen and oxygen atoms in total. The summed E-state index contributed by atoms with van der Waals surface area (Å²) >= 11 is 1.01. The van der Waals surface area contributed by atoms with Gasteiger partial charge in [-0.25, -0.2) is 4.98 Å². The van der Waals surface area contributed by atoms with Crippen molar-refractivity contribution in [3.63, 3.8) is 0 Å². The number of alkyl halides is 3. The highest BCUT2D eigenvalue weighted by molar-refractivity contribution is 7.09. The van der Waals surface area contributed by atoms with Crippen LogP contribution in [0.2, 0.25) is 0 Å². The first-order chi connectivity index (χ1) is 14.0. The number of aliphatic imine (C=N–C) groups is 1. The zero-order chi connectivity index (χ0) is 20.7. The van der Waals surface area contributed by atoms with Crippen LogP contribution in [0, 0.1) is 0 Å². The average Bonchev–Trinajstić information content (AvgIpc) is 3.37. The van der Waals surface area contributed by atoms with Crippen molar-refractivity contribution < 1.29 is 17.9 Å². The van der Waals surface area contributed by atoms with Gasteiger partial charge in [-0.1, -0.05) is 18.2 Å². The van der Waals surface area contributed by atoms with Gasteiger partial charge >= 0.3 is 6.18 Å². The first kappa shape index (κ1) is 21.4. The monoisotopic (exact) mass is 426 g/mol. The van der Waals surface area contributed by atoms with E-state index in [1.54, 1.807) is 7.05 Å². The van der Waals surface area contributed by atoms with Crippen LogP contribution in [-0.2, 0) is 19.1 Å². The molecule has 0 saturated heterocycles. The number of ether oxygens (including phenoxy) is 1. The Labute approximate surface area is 172 Å². The number of hydrogen-bond donors (Lipinski definition) is 2. The molecule has 1 aliphatic rings. The zero-order valence-corrected chi connectivity index (χ0v) is 17.1. The predicted molar refractivity (Wildman–Crippen MR) is 108 cm³/mol. The van der Waals surface area contributed by atoms with Crippen LogP contribution in [0.1, 0.15) is 41.9 Å². The molecule has 29 heavy (non-hydrogen) atoms. The highest BCUT2D eigenvalue weighted by Crippen LogP contribution is 2.30. The van der Waals surface area contributed by atoms with Gasteiger partial charge in [0, 0.05) is 37.5 Å². The van der Waals surface area contributed by atoms with Crippen LogP contribution < -0.4 is 15.4 Å². The summed E-state index contributed by atoms with van der Waals surface area (Å²) < 4.78 is 44.0. The van der Waals surface area contributed by atoms with E-state index in [9.17, 15) is 13.2 Å². The molecule has 0 aliphatic heterocycles. The van der Waals surface area contributed by atoms with E-state index >= 15 is 0 Å². The number of benzene rings is 1. The minimum absolute atomic E-state index is 0.286. The van der Waals surface area contributed by atoms with Gasteiger partial charge in [-0.15, -0.1) is 11.3 Å². The summed E-state index contributed by atoms with van der Waals surface area (Å²) in [6.07, 6.45) is 0.899. The lowest BCUT2D eigenvalue weighted by Crippen LogP contribution is -2.38. The van der Waals surface area contributed by atoms with Gasteiger partial charge in [0.1, 0.15) is 5.75 Å². The molecule has 1 fully saturated rings. The molecule has 1 aromatic heterocycles. The standard InChI is InChI=1S/C20H25F3N4OS/c1-24-19(25-11-10-18-27-17(13-29-18)20(21,22)23)26-12-14-6-2-5-9-16(14)28-15-7-3-4-8-15/h2,5-6,9,13,15H,3-4,7-8,10-12H2,1H3,(H2,24,25,26). The van der Waals surface area contributed by atoms with Crippen molar-refractivity contribution in [2.45, 2.75) is 50.9 Å². The molecule has 3 rings (SSSR count). The quantitative estimate of drug-likeness (QED) is 0.509. The molecular formula is C20H25F3N4OS. The first-order valence-electron chi connectivity index (χ1n) is 9.66. The molecule has 2 N–H and O–H groups in total. The van der Waals surface area contributed by atoms with E-state index in [4.69, 9.17) is 4.74 Å². The van der Waals surface area contributed by atoms with Gasteiger partial charge in [0.05, 0.1) is 11.1 Å². The molecule has 158 valence electrons. The van der Waals surface area contributed by atoms with E-state index < -0.39 is 11.9 Å². The van der Waals surface area contributed by atoms with Crippen molar-refractivity contribution in [2.24, 2.45) is 4.99 Å². The van der Waals surface area contributed by atoms with Crippen LogP contribution in [0.25, 0.3) is 0 Å². The van der Waals surface area contributed by atoms with Crippen molar-refractivity contribution in [1.29, 1.82) is 0 Å². The molecule has 1 aromatic carbocycles. The Kier molecular flexibility index (Phi) is 7.35. The normalized spacial score (nSPS) is 15.5. The molecule has 1 saturated carbocycles. The Morgan fingerprint density at radius 1 is 1.24 bits per heavy atom. The van der Waals surface area contributed by atoms with Crippen LogP contribution in [0.4, 0.5) is 13.2 Å². The highest BCUT2D eigenvalue weighted by atomic mass is 32.1. The van der Waals surface area contributed by atoms with Gasteiger partial charge in [-0.2, -0.15) is 13.2 Å². The minimum atomic E-state index is -4.40. The van der Waals surface area contributed by atoms with Gasteiger partial charge in [0.2, 0.25) is 0 Å². The number of para-hydroxylation sites is 1. The topological polar surface area (TPSA) is 58.5 Å². The van der Waals surface area contributed by atoms with Crippen LogP contribution >= 0.6 is 11.3 Å². The Balaban J connectivity index is 1.48. The van der Waals surface area contributed by atoms with E-state index in [2.05, 4.69) is 20.6 Å². The van der Waals surface area contributed by atoms with Gasteiger partial charge in [-0.05, 0) is 31.7 Å². The Morgan fingerprint density at radius 2 is 2.00 bits per heavy atom. The van der Waals surface area contributed by atoms with E-state index in [0.29, 0.717) is 30.5 Å². The summed E-state index contributed by atoms with van der Waals surface area (Å²) in [5.74, 6) is 1.46. The van der Waals surface area contributed by atoms with E-state index in [-0.39, 0.29) is 6.10 Å². The number of hydrogen-bond acceptors (Lipinski definition) is 4. The lowest BCUT2D eigenvalue weighted by Gasteiger charge is -2.17. The predicted octanol–water partition coefficient (Wildman–Crippen LogP) is 4.39. The number of halogens is 3. The molecule has 1 heterocycles. The fourth-order valence-electron chi connectivity index (χ4n) is 3.19. The maximum absolute atomic E-state index is 12.6. The molecule has 0 bridgehead atoms. The number of rotatable bonds is 7. The smallest absolute Gasteiger partial charge is 0.434 e. The second kappa shape index (κ2) is 9.96. The first-order valence-corrected chi connectivity index (χ1v) is 10.5. The Morgan fingerprint density at radius 3 is 2.69 bits per heavy atom. The third-order valence-corrected chi connectivity index (χ3v) is 5.62. The van der Waals surface area contributed by atoms with E-state index in [0.717, 1.165) is 40.9 Å². The summed E-state index contributed by atoms with van der Waals surface area (Å²) in [6.45, 7) is 0.975. The van der Waals surface area contributed by atoms with Gasteiger partial charge in [0.15, 0.2) is 11.7 Å². The number of guanidine groups is 1. The third kappa shape index (κ3) is 6.35. The minimum Gasteiger partial charge on any atom is -0.490 e. The molecule has 0 amide bonds. The number of thiazole rings is 1. The molecule has 2 aromatic rings. The van der Waals surface area contributed by atoms with Crippen LogP contribution in [0.3, 0.4) is 0 Å². The van der Waals surface area contributed by atoms with Gasteiger partial charge in [-0.3, -0.25) is 4.99 Å². The third-order valence-electron chi connectivity index (χ3n) is 4.71. The summed E-state index contributed by atoms with van der Waals surface area (Å²) in [5.41, 5.74) is 0.205. The SMILES string of the molecule is CN=C(NCCc1nc(C(F)(F)F)cs1)NCc1ccccc1OC1CCCC1. The largest absolute Gasteiger partial charge is 0.490 e. The van der Waals surface area contributed by atoms with Crippen LogP contribution in [0.15, 0.2) is 34.6 Å². The lowest BCUT2D eigenvalue weighted by molar-refractivity contribution is -0.140. The lowest BCUT2D eigenvalue weighted by atomic mass is 10.2. The van der Waals surface area contributed by atoms with E-state index in [1.807, 2.05) is 24.3 Å². The summed E-state index contributed by atoms with van der Waals surface area (Å²) in [4.78, 5) is 7.80. The van der Waals surface area contributed by atoms with E-state index in [1.165, 1.54) is 12.8 Å². The van der Waals surface area contributed by atoms with Gasteiger partial charge in [0.25, 0.3) is 0 Å².